The predicted octanol–water partition coefficient (Wildman–Crippen LogP) is 1.10. The number of aliphatic imine (C=N–C) groups is 1. The number of benzene rings is 1. The summed E-state index contributed by atoms with van der Waals surface area (Å²) in [6, 6.07) is 4.28. The van der Waals surface area contributed by atoms with Gasteiger partial charge in [-0.15, -0.1) is 0 Å². The number of halogens is 1. The van der Waals surface area contributed by atoms with Crippen molar-refractivity contribution in [3.05, 3.63) is 29.6 Å². The second-order valence-electron chi connectivity index (χ2n) is 2.93. The largest absolute Gasteiger partial charge is 0.370 e. The molecule has 1 aromatic carbocycles. The molecule has 0 unspecified atom stereocenters. The summed E-state index contributed by atoms with van der Waals surface area (Å²) < 4.78 is 12.8. The van der Waals surface area contributed by atoms with Gasteiger partial charge in [-0.1, -0.05) is 0 Å². The van der Waals surface area contributed by atoms with Crippen molar-refractivity contribution in [3.63, 3.8) is 0 Å². The van der Waals surface area contributed by atoms with Gasteiger partial charge in [-0.2, -0.15) is 4.99 Å². The topological polar surface area (TPSA) is 76.4 Å². The van der Waals surface area contributed by atoms with Crippen LogP contribution in [0.3, 0.4) is 0 Å². The first-order chi connectivity index (χ1) is 6.99. The zero-order valence-electron chi connectivity index (χ0n) is 8.12. The first-order valence-electron chi connectivity index (χ1n) is 4.16. The van der Waals surface area contributed by atoms with Crippen molar-refractivity contribution in [2.24, 2.45) is 16.5 Å². The van der Waals surface area contributed by atoms with E-state index in [1.807, 2.05) is 0 Å². The van der Waals surface area contributed by atoms with Gasteiger partial charge in [-0.25, -0.2) is 4.39 Å². The van der Waals surface area contributed by atoms with E-state index in [1.54, 1.807) is 13.0 Å². The van der Waals surface area contributed by atoms with E-state index in [-0.39, 0.29) is 16.9 Å². The van der Waals surface area contributed by atoms with Crippen LogP contribution in [0.5, 0.6) is 0 Å². The number of aryl methyl sites for hydroxylation is 1. The highest BCUT2D eigenvalue weighted by atomic mass is 32.1. The molecule has 0 radical (unpaired) electrons. The number of hydrogen-bond donors (Lipinski definition) is 3. The second-order valence-corrected chi connectivity index (χ2v) is 3.31. The molecule has 4 nitrogen and oxygen atoms in total. The van der Waals surface area contributed by atoms with Crippen LogP contribution in [0.2, 0.25) is 0 Å². The van der Waals surface area contributed by atoms with Crippen LogP contribution in [0, 0.1) is 12.7 Å². The highest BCUT2D eigenvalue weighted by Crippen LogP contribution is 2.15. The van der Waals surface area contributed by atoms with Gasteiger partial charge in [-0.3, -0.25) is 0 Å². The molecule has 0 spiro atoms. The van der Waals surface area contributed by atoms with Crippen molar-refractivity contribution in [3.8, 4) is 0 Å². The van der Waals surface area contributed by atoms with E-state index in [9.17, 15) is 4.39 Å². The van der Waals surface area contributed by atoms with Gasteiger partial charge < -0.3 is 16.8 Å². The minimum Gasteiger partial charge on any atom is -0.370 e. The quantitative estimate of drug-likeness (QED) is 0.381. The SMILES string of the molecule is Cc1cc(F)ccc1NC(=S)N=C(N)N. The summed E-state index contributed by atoms with van der Waals surface area (Å²) in [5.74, 6) is -0.418. The fraction of sp³-hybridized carbons (Fsp3) is 0.111. The van der Waals surface area contributed by atoms with Crippen LogP contribution in [0.15, 0.2) is 23.2 Å². The highest BCUT2D eigenvalue weighted by Gasteiger charge is 2.01. The van der Waals surface area contributed by atoms with Crippen LogP contribution >= 0.6 is 12.2 Å². The van der Waals surface area contributed by atoms with E-state index in [2.05, 4.69) is 10.3 Å². The zero-order chi connectivity index (χ0) is 11.4. The van der Waals surface area contributed by atoms with E-state index in [4.69, 9.17) is 23.7 Å². The van der Waals surface area contributed by atoms with Crippen LogP contribution < -0.4 is 16.8 Å². The maximum absolute atomic E-state index is 12.8. The average molecular weight is 226 g/mol. The summed E-state index contributed by atoms with van der Waals surface area (Å²) in [6.45, 7) is 1.75. The molecule has 80 valence electrons. The first kappa shape index (κ1) is 11.4. The van der Waals surface area contributed by atoms with Gasteiger partial charge >= 0.3 is 0 Å². The van der Waals surface area contributed by atoms with Gasteiger partial charge in [0.1, 0.15) is 5.82 Å². The van der Waals surface area contributed by atoms with E-state index in [0.717, 1.165) is 5.56 Å². The Kier molecular flexibility index (Phi) is 3.56. The van der Waals surface area contributed by atoms with Gasteiger partial charge in [-0.05, 0) is 42.9 Å². The van der Waals surface area contributed by atoms with Crippen molar-refractivity contribution in [1.29, 1.82) is 0 Å². The first-order valence-corrected chi connectivity index (χ1v) is 4.56. The molecule has 0 amide bonds. The van der Waals surface area contributed by atoms with Crippen molar-refractivity contribution < 1.29 is 4.39 Å². The highest BCUT2D eigenvalue weighted by molar-refractivity contribution is 7.80. The Hall–Kier alpha value is -1.69. The molecular weight excluding hydrogens is 215 g/mol. The smallest absolute Gasteiger partial charge is 0.200 e. The maximum atomic E-state index is 12.8. The Bertz CT molecular complexity index is 413. The fourth-order valence-corrected chi connectivity index (χ4v) is 1.24. The molecule has 0 saturated heterocycles. The van der Waals surface area contributed by atoms with Crippen LogP contribution in [-0.2, 0) is 0 Å². The molecule has 0 atom stereocenters. The molecule has 0 bridgehead atoms. The standard InChI is InChI=1S/C9H11FN4S/c1-5-4-6(10)2-3-7(5)13-9(15)14-8(11)12/h2-4H,1H3,(H5,11,12,13,14,15). The molecule has 5 N–H and O–H groups in total. The third kappa shape index (κ3) is 3.51. The van der Waals surface area contributed by atoms with Crippen LogP contribution in [0.25, 0.3) is 0 Å². The fourth-order valence-electron chi connectivity index (χ4n) is 1.03. The Morgan fingerprint density at radius 2 is 2.13 bits per heavy atom. The van der Waals surface area contributed by atoms with Gasteiger partial charge in [0.15, 0.2) is 5.96 Å². The van der Waals surface area contributed by atoms with E-state index >= 15 is 0 Å². The number of thiocarbonyl (C=S) groups is 1. The number of nitrogens with one attached hydrogen (secondary N) is 1. The average Bonchev–Trinajstić information content (AvgIpc) is 2.08. The van der Waals surface area contributed by atoms with E-state index in [1.165, 1.54) is 12.1 Å². The molecular formula is C9H11FN4S. The summed E-state index contributed by atoms with van der Waals surface area (Å²) in [7, 11) is 0. The minimum atomic E-state index is -0.300. The number of rotatable bonds is 1. The molecule has 1 aromatic rings. The van der Waals surface area contributed by atoms with Crippen molar-refractivity contribution in [1.82, 2.24) is 0 Å². The lowest BCUT2D eigenvalue weighted by molar-refractivity contribution is 0.627. The number of anilines is 1. The van der Waals surface area contributed by atoms with Crippen LogP contribution in [0.4, 0.5) is 10.1 Å². The maximum Gasteiger partial charge on any atom is 0.200 e. The summed E-state index contributed by atoms with van der Waals surface area (Å²) in [6.07, 6.45) is 0. The molecule has 0 fully saturated rings. The Morgan fingerprint density at radius 1 is 1.47 bits per heavy atom. The number of nitrogens with zero attached hydrogens (tertiary/aromatic N) is 1. The molecule has 0 saturated carbocycles. The summed E-state index contributed by atoms with van der Waals surface area (Å²) in [5, 5.41) is 2.93. The summed E-state index contributed by atoms with van der Waals surface area (Å²) in [5.41, 5.74) is 11.7. The third-order valence-electron chi connectivity index (χ3n) is 1.66. The third-order valence-corrected chi connectivity index (χ3v) is 1.85. The molecule has 1 rings (SSSR count). The molecule has 0 aliphatic heterocycles. The Balaban J connectivity index is 2.82. The lowest BCUT2D eigenvalue weighted by atomic mass is 10.2. The molecule has 6 heteroatoms. The monoisotopic (exact) mass is 226 g/mol. The summed E-state index contributed by atoms with van der Waals surface area (Å²) >= 11 is 4.85. The number of nitrogens with two attached hydrogens (primary N) is 2. The molecule has 0 aliphatic rings. The lowest BCUT2D eigenvalue weighted by Crippen LogP contribution is -2.25. The van der Waals surface area contributed by atoms with Crippen molar-refractivity contribution in [2.45, 2.75) is 6.92 Å². The van der Waals surface area contributed by atoms with Gasteiger partial charge in [0.25, 0.3) is 0 Å². The number of guanidine groups is 1. The molecule has 0 heterocycles. The van der Waals surface area contributed by atoms with Gasteiger partial charge in [0.2, 0.25) is 5.11 Å². The van der Waals surface area contributed by atoms with Crippen LogP contribution in [-0.4, -0.2) is 11.1 Å². The second kappa shape index (κ2) is 4.70. The van der Waals surface area contributed by atoms with Crippen molar-refractivity contribution >= 4 is 29.0 Å². The molecule has 0 aromatic heterocycles. The zero-order valence-corrected chi connectivity index (χ0v) is 8.94. The van der Waals surface area contributed by atoms with E-state index in [0.29, 0.717) is 5.69 Å². The molecule has 15 heavy (non-hydrogen) atoms. The van der Waals surface area contributed by atoms with Crippen molar-refractivity contribution in [2.75, 3.05) is 5.32 Å². The predicted molar refractivity (Wildman–Crippen MR) is 63.2 cm³/mol. The lowest BCUT2D eigenvalue weighted by Gasteiger charge is -2.07. The van der Waals surface area contributed by atoms with Gasteiger partial charge in [0, 0.05) is 5.69 Å². The Labute approximate surface area is 92.2 Å². The minimum absolute atomic E-state index is 0.118. The molecule has 0 aliphatic carbocycles. The van der Waals surface area contributed by atoms with Gasteiger partial charge in [0.05, 0.1) is 0 Å². The normalized spacial score (nSPS) is 9.47. The van der Waals surface area contributed by atoms with Crippen LogP contribution in [0.1, 0.15) is 5.56 Å². The summed E-state index contributed by atoms with van der Waals surface area (Å²) in [4.78, 5) is 3.64. The number of hydrogen-bond acceptors (Lipinski definition) is 1. The Morgan fingerprint density at radius 3 is 2.67 bits per heavy atom. The van der Waals surface area contributed by atoms with E-state index < -0.39 is 0 Å².